The summed E-state index contributed by atoms with van der Waals surface area (Å²) in [6, 6.07) is 16.9. The molecule has 2 rings (SSSR count). The van der Waals surface area contributed by atoms with Crippen LogP contribution in [-0.2, 0) is 6.42 Å². The molecule has 2 aromatic carbocycles. The van der Waals surface area contributed by atoms with Gasteiger partial charge in [0.1, 0.15) is 5.75 Å². The number of primary amides is 1. The highest BCUT2D eigenvalue weighted by molar-refractivity contribution is 5.94. The summed E-state index contributed by atoms with van der Waals surface area (Å²) in [5, 5.41) is 0. The lowest BCUT2D eigenvalue weighted by Gasteiger charge is -2.08. The number of rotatable bonds is 5. The Kier molecular flexibility index (Phi) is 3.97. The quantitative estimate of drug-likeness (QED) is 0.874. The molecule has 0 radical (unpaired) electrons. The second kappa shape index (κ2) is 5.87. The van der Waals surface area contributed by atoms with Gasteiger partial charge in [0.05, 0.1) is 6.61 Å². The van der Waals surface area contributed by atoms with Gasteiger partial charge >= 0.3 is 0 Å². The third-order valence-corrected chi connectivity index (χ3v) is 2.67. The molecule has 0 aliphatic rings. The number of hydrogen-bond donors (Lipinski definition) is 1. The van der Waals surface area contributed by atoms with Crippen molar-refractivity contribution in [2.24, 2.45) is 5.73 Å². The van der Waals surface area contributed by atoms with Crippen molar-refractivity contribution in [3.8, 4) is 5.75 Å². The number of carbonyl (C=O) groups is 1. The Labute approximate surface area is 106 Å². The molecule has 92 valence electrons. The molecule has 3 nitrogen and oxygen atoms in total. The molecule has 0 saturated carbocycles. The molecule has 18 heavy (non-hydrogen) atoms. The highest BCUT2D eigenvalue weighted by Crippen LogP contribution is 2.12. The van der Waals surface area contributed by atoms with Gasteiger partial charge in [0.2, 0.25) is 5.91 Å². The third-order valence-electron chi connectivity index (χ3n) is 2.67. The minimum atomic E-state index is -0.398. The SMILES string of the molecule is NC(=O)c1ccccc1CCOc1ccccc1. The Morgan fingerprint density at radius 2 is 1.67 bits per heavy atom. The van der Waals surface area contributed by atoms with E-state index in [9.17, 15) is 4.79 Å². The predicted molar refractivity (Wildman–Crippen MR) is 70.6 cm³/mol. The van der Waals surface area contributed by atoms with Crippen LogP contribution in [0.15, 0.2) is 54.6 Å². The van der Waals surface area contributed by atoms with Crippen LogP contribution in [0, 0.1) is 0 Å². The molecular weight excluding hydrogens is 226 g/mol. The molecule has 2 N–H and O–H groups in total. The first-order valence-electron chi connectivity index (χ1n) is 5.83. The summed E-state index contributed by atoms with van der Waals surface area (Å²) in [7, 11) is 0. The van der Waals surface area contributed by atoms with Crippen LogP contribution in [0.5, 0.6) is 5.75 Å². The van der Waals surface area contributed by atoms with Crippen molar-refractivity contribution in [2.75, 3.05) is 6.61 Å². The van der Waals surface area contributed by atoms with E-state index < -0.39 is 5.91 Å². The van der Waals surface area contributed by atoms with Gasteiger partial charge in [-0.1, -0.05) is 36.4 Å². The van der Waals surface area contributed by atoms with Crippen LogP contribution in [0.4, 0.5) is 0 Å². The van der Waals surface area contributed by atoms with Crippen LogP contribution in [-0.4, -0.2) is 12.5 Å². The molecular formula is C15H15NO2. The van der Waals surface area contributed by atoms with Gasteiger partial charge in [-0.05, 0) is 23.8 Å². The first-order chi connectivity index (χ1) is 8.77. The number of benzene rings is 2. The van der Waals surface area contributed by atoms with Crippen LogP contribution in [0.1, 0.15) is 15.9 Å². The average molecular weight is 241 g/mol. The molecule has 0 aliphatic carbocycles. The van der Waals surface area contributed by atoms with Crippen molar-refractivity contribution in [1.29, 1.82) is 0 Å². The zero-order valence-electron chi connectivity index (χ0n) is 10.0. The Bertz CT molecular complexity index is 523. The predicted octanol–water partition coefficient (Wildman–Crippen LogP) is 2.41. The molecule has 2 aromatic rings. The Balaban J connectivity index is 1.97. The van der Waals surface area contributed by atoms with Gasteiger partial charge in [-0.15, -0.1) is 0 Å². The van der Waals surface area contributed by atoms with Gasteiger partial charge in [0, 0.05) is 12.0 Å². The smallest absolute Gasteiger partial charge is 0.248 e. The van der Waals surface area contributed by atoms with Crippen LogP contribution in [0.25, 0.3) is 0 Å². The second-order valence-electron chi connectivity index (χ2n) is 3.93. The first kappa shape index (κ1) is 12.2. The Morgan fingerprint density at radius 1 is 1.00 bits per heavy atom. The molecule has 0 spiro atoms. The molecule has 0 fully saturated rings. The monoisotopic (exact) mass is 241 g/mol. The first-order valence-corrected chi connectivity index (χ1v) is 5.83. The topological polar surface area (TPSA) is 52.3 Å². The molecule has 0 aromatic heterocycles. The van der Waals surface area contributed by atoms with E-state index in [1.807, 2.05) is 48.5 Å². The van der Waals surface area contributed by atoms with Gasteiger partial charge < -0.3 is 10.5 Å². The number of para-hydroxylation sites is 1. The highest BCUT2D eigenvalue weighted by atomic mass is 16.5. The van der Waals surface area contributed by atoms with Crippen molar-refractivity contribution < 1.29 is 9.53 Å². The van der Waals surface area contributed by atoms with Crippen molar-refractivity contribution >= 4 is 5.91 Å². The fourth-order valence-electron chi connectivity index (χ4n) is 1.77. The molecule has 0 bridgehead atoms. The summed E-state index contributed by atoms with van der Waals surface area (Å²) in [5.74, 6) is 0.430. The molecule has 0 saturated heterocycles. The van der Waals surface area contributed by atoms with Gasteiger partial charge in [-0.3, -0.25) is 4.79 Å². The van der Waals surface area contributed by atoms with E-state index in [0.717, 1.165) is 11.3 Å². The van der Waals surface area contributed by atoms with E-state index in [1.165, 1.54) is 0 Å². The number of hydrogen-bond acceptors (Lipinski definition) is 2. The lowest BCUT2D eigenvalue weighted by Crippen LogP contribution is -2.15. The fraction of sp³-hybridized carbons (Fsp3) is 0.133. The fourth-order valence-corrected chi connectivity index (χ4v) is 1.77. The molecule has 0 aliphatic heterocycles. The number of ether oxygens (including phenoxy) is 1. The largest absolute Gasteiger partial charge is 0.493 e. The van der Waals surface area contributed by atoms with E-state index >= 15 is 0 Å². The normalized spacial score (nSPS) is 10.0. The third kappa shape index (κ3) is 3.10. The maximum atomic E-state index is 11.2. The van der Waals surface area contributed by atoms with Crippen LogP contribution < -0.4 is 10.5 Å². The number of amides is 1. The number of carbonyl (C=O) groups excluding carboxylic acids is 1. The molecule has 0 atom stereocenters. The Morgan fingerprint density at radius 3 is 2.39 bits per heavy atom. The van der Waals surface area contributed by atoms with Gasteiger partial charge in [-0.2, -0.15) is 0 Å². The van der Waals surface area contributed by atoms with E-state index in [4.69, 9.17) is 10.5 Å². The summed E-state index contributed by atoms with van der Waals surface area (Å²) in [5.41, 5.74) is 6.80. The lowest BCUT2D eigenvalue weighted by atomic mass is 10.0. The highest BCUT2D eigenvalue weighted by Gasteiger charge is 2.06. The maximum absolute atomic E-state index is 11.2. The summed E-state index contributed by atoms with van der Waals surface area (Å²) in [6.45, 7) is 0.522. The molecule has 0 heterocycles. The van der Waals surface area contributed by atoms with E-state index in [2.05, 4.69) is 0 Å². The van der Waals surface area contributed by atoms with Crippen molar-refractivity contribution in [1.82, 2.24) is 0 Å². The van der Waals surface area contributed by atoms with Crippen molar-refractivity contribution in [2.45, 2.75) is 6.42 Å². The van der Waals surface area contributed by atoms with E-state index in [0.29, 0.717) is 18.6 Å². The van der Waals surface area contributed by atoms with Crippen LogP contribution in [0.3, 0.4) is 0 Å². The minimum Gasteiger partial charge on any atom is -0.493 e. The maximum Gasteiger partial charge on any atom is 0.248 e. The van der Waals surface area contributed by atoms with Crippen LogP contribution in [0.2, 0.25) is 0 Å². The summed E-state index contributed by atoms with van der Waals surface area (Å²) >= 11 is 0. The van der Waals surface area contributed by atoms with E-state index in [1.54, 1.807) is 6.07 Å². The van der Waals surface area contributed by atoms with Crippen molar-refractivity contribution in [3.63, 3.8) is 0 Å². The van der Waals surface area contributed by atoms with Gasteiger partial charge in [0.15, 0.2) is 0 Å². The van der Waals surface area contributed by atoms with E-state index in [-0.39, 0.29) is 0 Å². The minimum absolute atomic E-state index is 0.398. The summed E-state index contributed by atoms with van der Waals surface area (Å²) < 4.78 is 5.59. The summed E-state index contributed by atoms with van der Waals surface area (Å²) in [6.07, 6.45) is 0.661. The second-order valence-corrected chi connectivity index (χ2v) is 3.93. The number of nitrogens with two attached hydrogens (primary N) is 1. The summed E-state index contributed by atoms with van der Waals surface area (Å²) in [4.78, 5) is 11.2. The Hall–Kier alpha value is -2.29. The zero-order chi connectivity index (χ0) is 12.8. The molecule has 1 amide bonds. The molecule has 3 heteroatoms. The standard InChI is InChI=1S/C15H15NO2/c16-15(17)14-9-5-4-6-12(14)10-11-18-13-7-2-1-3-8-13/h1-9H,10-11H2,(H2,16,17). The van der Waals surface area contributed by atoms with Crippen molar-refractivity contribution in [3.05, 3.63) is 65.7 Å². The average Bonchev–Trinajstić information content (AvgIpc) is 2.40. The van der Waals surface area contributed by atoms with Gasteiger partial charge in [-0.25, -0.2) is 0 Å². The lowest BCUT2D eigenvalue weighted by molar-refractivity contribution is 0.0999. The zero-order valence-corrected chi connectivity index (χ0v) is 10.0. The van der Waals surface area contributed by atoms with Gasteiger partial charge in [0.25, 0.3) is 0 Å². The molecule has 0 unspecified atom stereocenters. The van der Waals surface area contributed by atoms with Crippen LogP contribution >= 0.6 is 0 Å².